The van der Waals surface area contributed by atoms with Gasteiger partial charge in [-0.25, -0.2) is 4.39 Å². The lowest BCUT2D eigenvalue weighted by molar-refractivity contribution is -0.140. The van der Waals surface area contributed by atoms with Crippen LogP contribution < -0.4 is 0 Å². The molecule has 0 saturated carbocycles. The summed E-state index contributed by atoms with van der Waals surface area (Å²) in [7, 11) is 1.41. The molecule has 0 aliphatic carbocycles. The summed E-state index contributed by atoms with van der Waals surface area (Å²) in [5.74, 6) is -0.152. The van der Waals surface area contributed by atoms with Gasteiger partial charge in [-0.1, -0.05) is 48.3 Å². The highest BCUT2D eigenvalue weighted by Gasteiger charge is 1.99. The van der Waals surface area contributed by atoms with Gasteiger partial charge in [0.1, 0.15) is 5.83 Å². The summed E-state index contributed by atoms with van der Waals surface area (Å²) in [6.45, 7) is 0. The molecule has 0 aromatic carbocycles. The monoisotopic (exact) mass is 342 g/mol. The molecule has 0 unspecified atom stereocenters. The van der Waals surface area contributed by atoms with Crippen LogP contribution in [0.4, 0.5) is 4.39 Å². The second-order valence-electron chi connectivity index (χ2n) is 3.75. The molecule has 0 heterocycles. The maximum Gasteiger partial charge on any atom is 0.305 e. The molecule has 0 radical (unpaired) electrons. The number of ether oxygens (including phenoxy) is 1. The molecule has 16 heavy (non-hydrogen) atoms. The van der Waals surface area contributed by atoms with Crippen molar-refractivity contribution < 1.29 is 13.9 Å². The molecule has 0 N–H and O–H groups in total. The Morgan fingerprint density at radius 1 is 1.12 bits per heavy atom. The van der Waals surface area contributed by atoms with Crippen LogP contribution in [0.3, 0.4) is 0 Å². The Kier molecular flexibility index (Phi) is 11.3. The van der Waals surface area contributed by atoms with E-state index in [1.807, 2.05) is 22.6 Å². The van der Waals surface area contributed by atoms with E-state index in [-0.39, 0.29) is 11.8 Å². The Hall–Kier alpha value is -0.130. The van der Waals surface area contributed by atoms with Gasteiger partial charge < -0.3 is 4.74 Å². The standard InChI is InChI=1S/C12H20FIO2/c1-16-12(15)9-7-5-3-2-4-6-8-11(13)10-14/h10H,2-9H2,1H3/b11-10+. The average Bonchev–Trinajstić information content (AvgIpc) is 2.31. The van der Waals surface area contributed by atoms with E-state index in [0.717, 1.165) is 38.5 Å². The maximum absolute atomic E-state index is 12.7. The van der Waals surface area contributed by atoms with E-state index in [1.165, 1.54) is 11.2 Å². The summed E-state index contributed by atoms with van der Waals surface area (Å²) >= 11 is 1.92. The molecular formula is C12H20FIO2. The largest absolute Gasteiger partial charge is 0.469 e. The Morgan fingerprint density at radius 2 is 1.62 bits per heavy atom. The van der Waals surface area contributed by atoms with E-state index >= 15 is 0 Å². The highest BCUT2D eigenvalue weighted by molar-refractivity contribution is 14.1. The molecule has 0 rings (SSSR count). The molecule has 94 valence electrons. The van der Waals surface area contributed by atoms with Crippen molar-refractivity contribution in [3.63, 3.8) is 0 Å². The molecule has 0 amide bonds. The summed E-state index contributed by atoms with van der Waals surface area (Å²) < 4.78 is 18.7. The number of methoxy groups -OCH3 is 1. The van der Waals surface area contributed by atoms with Crippen LogP contribution in [0.15, 0.2) is 9.91 Å². The molecule has 0 bridgehead atoms. The van der Waals surface area contributed by atoms with Gasteiger partial charge in [-0.3, -0.25) is 4.79 Å². The van der Waals surface area contributed by atoms with Gasteiger partial charge >= 0.3 is 5.97 Å². The van der Waals surface area contributed by atoms with Crippen LogP contribution in [-0.4, -0.2) is 13.1 Å². The number of esters is 1. The van der Waals surface area contributed by atoms with Crippen molar-refractivity contribution in [3.8, 4) is 0 Å². The van der Waals surface area contributed by atoms with Gasteiger partial charge in [-0.15, -0.1) is 0 Å². The first-order valence-corrected chi connectivity index (χ1v) is 6.97. The number of unbranched alkanes of at least 4 members (excludes halogenated alkanes) is 5. The van der Waals surface area contributed by atoms with Crippen molar-refractivity contribution in [2.45, 2.75) is 51.4 Å². The number of carbonyl (C=O) groups is 1. The van der Waals surface area contributed by atoms with Crippen molar-refractivity contribution >= 4 is 28.6 Å². The van der Waals surface area contributed by atoms with E-state index in [2.05, 4.69) is 4.74 Å². The van der Waals surface area contributed by atoms with Gasteiger partial charge in [0.05, 0.1) is 7.11 Å². The van der Waals surface area contributed by atoms with Crippen molar-refractivity contribution in [1.82, 2.24) is 0 Å². The van der Waals surface area contributed by atoms with Crippen LogP contribution in [0.25, 0.3) is 0 Å². The van der Waals surface area contributed by atoms with Crippen LogP contribution in [0.1, 0.15) is 51.4 Å². The maximum atomic E-state index is 12.7. The topological polar surface area (TPSA) is 26.3 Å². The molecule has 4 heteroatoms. The highest BCUT2D eigenvalue weighted by Crippen LogP contribution is 2.14. The highest BCUT2D eigenvalue weighted by atomic mass is 127. The number of rotatable bonds is 9. The third kappa shape index (κ3) is 10.4. The number of hydrogen-bond donors (Lipinski definition) is 0. The average molecular weight is 342 g/mol. The molecule has 0 aromatic rings. The molecule has 0 fully saturated rings. The van der Waals surface area contributed by atoms with Crippen molar-refractivity contribution in [3.05, 3.63) is 9.91 Å². The lowest BCUT2D eigenvalue weighted by Crippen LogP contribution is -1.99. The van der Waals surface area contributed by atoms with Gasteiger partial charge in [0.15, 0.2) is 0 Å². The molecule has 2 nitrogen and oxygen atoms in total. The van der Waals surface area contributed by atoms with Crippen molar-refractivity contribution in [1.29, 1.82) is 0 Å². The second-order valence-corrected chi connectivity index (χ2v) is 4.38. The van der Waals surface area contributed by atoms with E-state index in [0.29, 0.717) is 12.8 Å². The Balaban J connectivity index is 3.13. The Bertz CT molecular complexity index is 217. The van der Waals surface area contributed by atoms with Crippen LogP contribution in [0.5, 0.6) is 0 Å². The summed E-state index contributed by atoms with van der Waals surface area (Å²) in [6, 6.07) is 0. The molecule has 0 atom stereocenters. The zero-order chi connectivity index (χ0) is 12.2. The SMILES string of the molecule is COC(=O)CCCCCCCC/C(F)=C\I. The van der Waals surface area contributed by atoms with Gasteiger partial charge in [0.2, 0.25) is 0 Å². The summed E-state index contributed by atoms with van der Waals surface area (Å²) in [5.41, 5.74) is 0. The minimum absolute atomic E-state index is 0.0220. The first-order chi connectivity index (χ1) is 7.70. The molecule has 0 aromatic heterocycles. The van der Waals surface area contributed by atoms with E-state index in [1.54, 1.807) is 0 Å². The predicted molar refractivity (Wildman–Crippen MR) is 72.2 cm³/mol. The third-order valence-corrected chi connectivity index (χ3v) is 3.07. The fraction of sp³-hybridized carbons (Fsp3) is 0.750. The molecular weight excluding hydrogens is 322 g/mol. The van der Waals surface area contributed by atoms with E-state index in [9.17, 15) is 9.18 Å². The fourth-order valence-corrected chi connectivity index (χ4v) is 1.74. The number of carbonyl (C=O) groups excluding carboxylic acids is 1. The summed E-state index contributed by atoms with van der Waals surface area (Å²) in [4.78, 5) is 10.8. The first-order valence-electron chi connectivity index (χ1n) is 5.72. The van der Waals surface area contributed by atoms with Gasteiger partial charge in [0.25, 0.3) is 0 Å². The van der Waals surface area contributed by atoms with E-state index < -0.39 is 0 Å². The zero-order valence-electron chi connectivity index (χ0n) is 9.81. The molecule has 0 aliphatic rings. The smallest absolute Gasteiger partial charge is 0.305 e. The van der Waals surface area contributed by atoms with Gasteiger partial charge in [0, 0.05) is 10.5 Å². The zero-order valence-corrected chi connectivity index (χ0v) is 12.0. The molecule has 0 saturated heterocycles. The Morgan fingerprint density at radius 3 is 2.12 bits per heavy atom. The predicted octanol–water partition coefficient (Wildman–Crippen LogP) is 4.53. The lowest BCUT2D eigenvalue weighted by atomic mass is 10.1. The summed E-state index contributed by atoms with van der Waals surface area (Å²) in [6.07, 6.45) is 7.25. The first kappa shape index (κ1) is 15.9. The van der Waals surface area contributed by atoms with Gasteiger partial charge in [-0.05, 0) is 19.3 Å². The number of allylic oxidation sites excluding steroid dienone is 1. The van der Waals surface area contributed by atoms with Crippen LogP contribution >= 0.6 is 22.6 Å². The van der Waals surface area contributed by atoms with Crippen LogP contribution in [-0.2, 0) is 9.53 Å². The van der Waals surface area contributed by atoms with Crippen molar-refractivity contribution in [2.24, 2.45) is 0 Å². The molecule has 0 spiro atoms. The number of hydrogen-bond acceptors (Lipinski definition) is 2. The summed E-state index contributed by atoms with van der Waals surface area (Å²) in [5, 5.41) is 0. The second kappa shape index (κ2) is 11.4. The molecule has 0 aliphatic heterocycles. The van der Waals surface area contributed by atoms with Crippen molar-refractivity contribution in [2.75, 3.05) is 7.11 Å². The Labute approximate surface area is 111 Å². The van der Waals surface area contributed by atoms with Crippen LogP contribution in [0, 0.1) is 0 Å². The minimum Gasteiger partial charge on any atom is -0.469 e. The minimum atomic E-state index is -0.130. The normalized spacial score (nSPS) is 11.6. The lowest BCUT2D eigenvalue weighted by Gasteiger charge is -2.01. The quantitative estimate of drug-likeness (QED) is 0.350. The third-order valence-electron chi connectivity index (χ3n) is 2.39. The van der Waals surface area contributed by atoms with Gasteiger partial charge in [-0.2, -0.15) is 0 Å². The fourth-order valence-electron chi connectivity index (χ4n) is 1.43. The number of halogens is 2. The van der Waals surface area contributed by atoms with Crippen LogP contribution in [0.2, 0.25) is 0 Å². The van der Waals surface area contributed by atoms with E-state index in [4.69, 9.17) is 0 Å².